The third-order valence-corrected chi connectivity index (χ3v) is 8.00. The van der Waals surface area contributed by atoms with Crippen LogP contribution in [0.15, 0.2) is 89.3 Å². The second kappa shape index (κ2) is 11.3. The molecule has 4 aromatic rings. The van der Waals surface area contributed by atoms with E-state index in [0.717, 1.165) is 22.9 Å². The fourth-order valence-electron chi connectivity index (χ4n) is 3.94. The van der Waals surface area contributed by atoms with Crippen LogP contribution in [0.3, 0.4) is 0 Å². The molecule has 3 N–H and O–H groups in total. The van der Waals surface area contributed by atoms with Gasteiger partial charge in [-0.1, -0.05) is 42.5 Å². The van der Waals surface area contributed by atoms with Crippen LogP contribution in [-0.2, 0) is 17.3 Å². The van der Waals surface area contributed by atoms with Crippen molar-refractivity contribution >= 4 is 44.8 Å². The minimum atomic E-state index is -2.73. The number of thioether (sulfide) groups is 1. The van der Waals surface area contributed by atoms with Crippen molar-refractivity contribution in [2.45, 2.75) is 17.8 Å². The summed E-state index contributed by atoms with van der Waals surface area (Å²) >= 11 is 3.01. The number of rotatable bonds is 9. The second-order valence-electron chi connectivity index (χ2n) is 8.27. The number of thiol groups is 1. The minimum Gasteiger partial charge on any atom is -0.370 e. The first-order chi connectivity index (χ1) is 17.9. The predicted octanol–water partition coefficient (Wildman–Crippen LogP) is 5.93. The smallest absolute Gasteiger partial charge is 0.222 e. The maximum atomic E-state index is 14.3. The molecule has 2 heterocycles. The summed E-state index contributed by atoms with van der Waals surface area (Å²) < 4.78 is 51.9. The molecular weight excluding hydrogens is 535 g/mol. The zero-order chi connectivity index (χ0) is 25.8. The molecule has 1 aromatic heterocycles. The molecule has 0 saturated carbocycles. The Kier molecular flexibility index (Phi) is 7.73. The van der Waals surface area contributed by atoms with E-state index < -0.39 is 22.5 Å². The average molecular weight is 557 g/mol. The first-order valence-electron chi connectivity index (χ1n) is 11.3. The van der Waals surface area contributed by atoms with Gasteiger partial charge in [-0.3, -0.25) is 4.72 Å². The molecule has 37 heavy (non-hydrogen) atoms. The van der Waals surface area contributed by atoms with Crippen molar-refractivity contribution in [1.29, 1.82) is 0 Å². The predicted molar refractivity (Wildman–Crippen MR) is 147 cm³/mol. The van der Waals surface area contributed by atoms with Crippen LogP contribution >= 0.6 is 23.1 Å². The van der Waals surface area contributed by atoms with E-state index in [1.165, 1.54) is 23.5 Å². The summed E-state index contributed by atoms with van der Waals surface area (Å²) in [5.41, 5.74) is 4.28. The van der Waals surface area contributed by atoms with Gasteiger partial charge in [0.2, 0.25) is 10.9 Å². The number of nitrogens with zero attached hydrogens (tertiary/aromatic N) is 1. The molecule has 3 aromatic carbocycles. The summed E-state index contributed by atoms with van der Waals surface area (Å²) in [4.78, 5) is 4.55. The number of aromatic nitrogens is 1. The van der Waals surface area contributed by atoms with E-state index in [0.29, 0.717) is 22.9 Å². The van der Waals surface area contributed by atoms with E-state index in [9.17, 15) is 17.2 Å². The summed E-state index contributed by atoms with van der Waals surface area (Å²) in [6, 6.07) is 20.6. The van der Waals surface area contributed by atoms with Gasteiger partial charge in [0.1, 0.15) is 17.0 Å². The van der Waals surface area contributed by atoms with Gasteiger partial charge < -0.3 is 10.6 Å². The molecule has 2 atom stereocenters. The molecular formula is C26H22F2N4O2S3. The number of hydrogen-bond acceptors (Lipinski definition) is 7. The van der Waals surface area contributed by atoms with Crippen LogP contribution in [0, 0.1) is 11.6 Å². The Morgan fingerprint density at radius 2 is 1.81 bits per heavy atom. The molecule has 0 radical (unpaired) electrons. The maximum Gasteiger partial charge on any atom is 0.222 e. The minimum absolute atomic E-state index is 0.0700. The summed E-state index contributed by atoms with van der Waals surface area (Å²) in [6.07, 6.45) is 0.588. The molecule has 1 aliphatic heterocycles. The molecule has 0 saturated heterocycles. The quantitative estimate of drug-likeness (QED) is 0.192. The molecule has 6 nitrogen and oxygen atoms in total. The first-order valence-corrected chi connectivity index (χ1v) is 14.3. The van der Waals surface area contributed by atoms with Crippen LogP contribution in [0.4, 0.5) is 19.6 Å². The lowest BCUT2D eigenvalue weighted by Crippen LogP contribution is -2.31. The second-order valence-corrected chi connectivity index (χ2v) is 10.8. The molecule has 5 rings (SSSR count). The fourth-order valence-corrected chi connectivity index (χ4v) is 6.10. The van der Waals surface area contributed by atoms with Gasteiger partial charge in [-0.05, 0) is 47.2 Å². The van der Waals surface area contributed by atoms with Crippen LogP contribution in [0.2, 0.25) is 0 Å². The molecule has 0 aliphatic carbocycles. The van der Waals surface area contributed by atoms with Crippen molar-refractivity contribution in [3.63, 3.8) is 0 Å². The SMILES string of the molecule is O=[SH](=O)Nc1ccc(C[C@H](Nc2nc(-c3ccc(F)cc3F)cs2)C2=CSC(c3ccccc3)N2)cc1. The summed E-state index contributed by atoms with van der Waals surface area (Å²) in [5.74, 6) is -1.30. The highest BCUT2D eigenvalue weighted by Gasteiger charge is 2.25. The van der Waals surface area contributed by atoms with E-state index in [-0.39, 0.29) is 17.0 Å². The van der Waals surface area contributed by atoms with E-state index in [4.69, 9.17) is 0 Å². The van der Waals surface area contributed by atoms with Crippen LogP contribution < -0.4 is 15.4 Å². The number of hydrogen-bond donors (Lipinski definition) is 4. The zero-order valence-corrected chi connectivity index (χ0v) is 21.8. The first kappa shape index (κ1) is 25.2. The number of benzene rings is 3. The van der Waals surface area contributed by atoms with Crippen molar-refractivity contribution in [1.82, 2.24) is 10.3 Å². The highest BCUT2D eigenvalue weighted by molar-refractivity contribution is 8.02. The monoisotopic (exact) mass is 556 g/mol. The molecule has 0 fully saturated rings. The molecule has 0 amide bonds. The maximum absolute atomic E-state index is 14.3. The van der Waals surface area contributed by atoms with Crippen LogP contribution in [-0.4, -0.2) is 19.4 Å². The third-order valence-electron chi connectivity index (χ3n) is 5.73. The van der Waals surface area contributed by atoms with E-state index in [1.807, 2.05) is 30.3 Å². The van der Waals surface area contributed by atoms with E-state index in [1.54, 1.807) is 29.3 Å². The van der Waals surface area contributed by atoms with Gasteiger partial charge in [0, 0.05) is 28.4 Å². The number of nitrogens with one attached hydrogen (secondary N) is 3. The largest absolute Gasteiger partial charge is 0.370 e. The molecule has 1 unspecified atom stereocenters. The van der Waals surface area contributed by atoms with Crippen LogP contribution in [0.25, 0.3) is 11.3 Å². The Bertz CT molecular complexity index is 1480. The lowest BCUT2D eigenvalue weighted by atomic mass is 10.0. The molecule has 0 bridgehead atoms. The fraction of sp³-hybridized carbons (Fsp3) is 0.115. The highest BCUT2D eigenvalue weighted by Crippen LogP contribution is 2.36. The van der Waals surface area contributed by atoms with E-state index >= 15 is 0 Å². The third kappa shape index (κ3) is 6.30. The summed E-state index contributed by atoms with van der Waals surface area (Å²) in [7, 11) is -2.73. The number of halogens is 2. The van der Waals surface area contributed by atoms with Crippen LogP contribution in [0.5, 0.6) is 0 Å². The topological polar surface area (TPSA) is 83.1 Å². The Hall–Kier alpha value is -3.41. The highest BCUT2D eigenvalue weighted by atomic mass is 32.2. The lowest BCUT2D eigenvalue weighted by Gasteiger charge is -2.22. The summed E-state index contributed by atoms with van der Waals surface area (Å²) in [5, 5.41) is 11.5. The lowest BCUT2D eigenvalue weighted by molar-refractivity contribution is 0.585. The molecule has 11 heteroatoms. The van der Waals surface area contributed by atoms with Crippen molar-refractivity contribution in [2.24, 2.45) is 0 Å². The van der Waals surface area contributed by atoms with Gasteiger partial charge in [-0.25, -0.2) is 22.2 Å². The van der Waals surface area contributed by atoms with E-state index in [2.05, 4.69) is 37.9 Å². The number of anilines is 2. The summed E-state index contributed by atoms with van der Waals surface area (Å²) in [6.45, 7) is 0. The van der Waals surface area contributed by atoms with Gasteiger partial charge in [-0.2, -0.15) is 0 Å². The van der Waals surface area contributed by atoms with Crippen molar-refractivity contribution in [2.75, 3.05) is 10.0 Å². The Morgan fingerprint density at radius 3 is 2.54 bits per heavy atom. The van der Waals surface area contributed by atoms with Gasteiger partial charge in [0.25, 0.3) is 0 Å². The van der Waals surface area contributed by atoms with Gasteiger partial charge >= 0.3 is 0 Å². The normalized spacial score (nSPS) is 15.8. The number of thiazole rings is 1. The molecule has 190 valence electrons. The Balaban J connectivity index is 1.37. The zero-order valence-electron chi connectivity index (χ0n) is 19.2. The van der Waals surface area contributed by atoms with Crippen molar-refractivity contribution in [3.8, 4) is 11.3 Å². The molecule has 1 aliphatic rings. The van der Waals surface area contributed by atoms with Crippen molar-refractivity contribution in [3.05, 3.63) is 112 Å². The Morgan fingerprint density at radius 1 is 1.03 bits per heavy atom. The van der Waals surface area contributed by atoms with Gasteiger partial charge in [-0.15, -0.1) is 23.1 Å². The molecule has 0 spiro atoms. The van der Waals surface area contributed by atoms with Crippen LogP contribution in [0.1, 0.15) is 16.5 Å². The average Bonchev–Trinajstić information content (AvgIpc) is 3.55. The van der Waals surface area contributed by atoms with Gasteiger partial charge in [0.05, 0.1) is 11.7 Å². The Labute approximate surface area is 222 Å². The van der Waals surface area contributed by atoms with Crippen molar-refractivity contribution < 1.29 is 17.2 Å². The van der Waals surface area contributed by atoms with Gasteiger partial charge in [0.15, 0.2) is 5.13 Å². The standard InChI is InChI=1S/C26H22F2N4O2S3/c27-18-8-11-20(21(28)13-18)23-14-36-26(31-23)30-22(12-16-6-9-19(10-7-16)32-37(33)34)24-15-35-25(29-24)17-4-2-1-3-5-17/h1-11,13-15,22,25,29,37H,12H2,(H,30,31)(H,32,33,34)/t22-,25?/m0/s1.